The summed E-state index contributed by atoms with van der Waals surface area (Å²) in [5, 5.41) is 0. The summed E-state index contributed by atoms with van der Waals surface area (Å²) in [4.78, 5) is 23.2. The number of ether oxygens (including phenoxy) is 1. The average Bonchev–Trinajstić information content (AvgIpc) is 3.49. The zero-order chi connectivity index (χ0) is 23.9. The zero-order valence-electron chi connectivity index (χ0n) is 18.9. The number of hydrogen-bond acceptors (Lipinski definition) is 6. The van der Waals surface area contributed by atoms with Crippen molar-refractivity contribution in [3.63, 3.8) is 0 Å². The quantitative estimate of drug-likeness (QED) is 0.362. The van der Waals surface area contributed by atoms with Crippen LogP contribution in [0.4, 0.5) is 4.39 Å². The smallest absolute Gasteiger partial charge is 0.237 e. The van der Waals surface area contributed by atoms with Gasteiger partial charge in [-0.05, 0) is 37.1 Å². The van der Waals surface area contributed by atoms with Gasteiger partial charge in [-0.2, -0.15) is 4.98 Å². The van der Waals surface area contributed by atoms with Crippen molar-refractivity contribution in [3.8, 4) is 17.3 Å². The van der Waals surface area contributed by atoms with Crippen molar-refractivity contribution < 1.29 is 9.13 Å². The molecule has 35 heavy (non-hydrogen) atoms. The molecule has 0 bridgehead atoms. The minimum atomic E-state index is -0.345. The van der Waals surface area contributed by atoms with Crippen LogP contribution in [0.25, 0.3) is 51.7 Å². The van der Waals surface area contributed by atoms with Crippen molar-refractivity contribution in [2.75, 3.05) is 13.2 Å². The maximum atomic E-state index is 14.0. The van der Waals surface area contributed by atoms with Crippen LogP contribution in [-0.4, -0.2) is 47.3 Å². The second-order valence-corrected chi connectivity index (χ2v) is 8.34. The zero-order valence-corrected chi connectivity index (χ0v) is 18.9. The van der Waals surface area contributed by atoms with Crippen LogP contribution in [0.5, 0.6) is 0 Å². The number of fused-ring (bicyclic) bond motifs is 2. The molecule has 0 radical (unpaired) electrons. The normalized spacial score (nSPS) is 14.5. The van der Waals surface area contributed by atoms with Gasteiger partial charge in [0, 0.05) is 42.6 Å². The molecule has 0 amide bonds. The fourth-order valence-corrected chi connectivity index (χ4v) is 4.68. The molecular weight excluding hydrogens is 445 g/mol. The lowest BCUT2D eigenvalue weighted by Crippen LogP contribution is -2.21. The Morgan fingerprint density at radius 1 is 1.00 bits per heavy atom. The Kier molecular flexibility index (Phi) is 5.18. The Balaban J connectivity index is 1.60. The van der Waals surface area contributed by atoms with Gasteiger partial charge in [0.05, 0.1) is 22.9 Å². The molecular formula is C26H22FN7O. The third-order valence-electron chi connectivity index (χ3n) is 6.36. The molecule has 5 aromatic rings. The van der Waals surface area contributed by atoms with Gasteiger partial charge in [-0.25, -0.2) is 19.3 Å². The lowest BCUT2D eigenvalue weighted by Gasteiger charge is -2.25. The van der Waals surface area contributed by atoms with Gasteiger partial charge in [0.2, 0.25) is 5.95 Å². The Labute approximate surface area is 200 Å². The molecule has 1 aliphatic rings. The average molecular weight is 468 g/mol. The van der Waals surface area contributed by atoms with Gasteiger partial charge in [0.25, 0.3) is 0 Å². The molecule has 1 aromatic carbocycles. The first-order valence-corrected chi connectivity index (χ1v) is 11.4. The number of aromatic nitrogens is 7. The standard InChI is InChI=1S/C26H22FN7O/c1-3-18-19(7-10-28-20(18)4-2)24-31-22-14-29-26(32-25(22)34(24)17-8-11-35-12-9-17)33-15-30-21-6-5-16(27)13-23(21)33/h3-7,10,13-15,17H,1-2,8-9,11-12H2. The highest BCUT2D eigenvalue weighted by Gasteiger charge is 2.26. The number of nitrogens with zero attached hydrogens (tertiary/aromatic N) is 7. The molecule has 6 rings (SSSR count). The molecule has 0 unspecified atom stereocenters. The SMILES string of the molecule is C=Cc1nccc(-c2nc3cnc(-n4cnc5ccc(F)cc54)nc3n2C2CCOCC2)c1C=C. The highest BCUT2D eigenvalue weighted by molar-refractivity contribution is 5.83. The van der Waals surface area contributed by atoms with Gasteiger partial charge in [-0.3, -0.25) is 9.55 Å². The number of pyridine rings is 1. The van der Waals surface area contributed by atoms with Crippen molar-refractivity contribution in [1.29, 1.82) is 0 Å². The number of benzene rings is 1. The van der Waals surface area contributed by atoms with Crippen LogP contribution in [0.2, 0.25) is 0 Å². The second kappa shape index (κ2) is 8.52. The van der Waals surface area contributed by atoms with Crippen LogP contribution in [0.1, 0.15) is 30.1 Å². The first-order chi connectivity index (χ1) is 17.2. The fraction of sp³-hybridized carbons (Fsp3) is 0.192. The monoisotopic (exact) mass is 467 g/mol. The molecule has 0 aliphatic carbocycles. The van der Waals surface area contributed by atoms with Crippen molar-refractivity contribution in [2.45, 2.75) is 18.9 Å². The lowest BCUT2D eigenvalue weighted by molar-refractivity contribution is 0.0708. The Morgan fingerprint density at radius 3 is 2.66 bits per heavy atom. The van der Waals surface area contributed by atoms with E-state index < -0.39 is 0 Å². The minimum Gasteiger partial charge on any atom is -0.381 e. The highest BCUT2D eigenvalue weighted by atomic mass is 19.1. The van der Waals surface area contributed by atoms with E-state index in [2.05, 4.69) is 32.7 Å². The Morgan fingerprint density at radius 2 is 1.86 bits per heavy atom. The predicted octanol–water partition coefficient (Wildman–Crippen LogP) is 5.00. The topological polar surface area (TPSA) is 83.5 Å². The van der Waals surface area contributed by atoms with Crippen molar-refractivity contribution >= 4 is 34.3 Å². The summed E-state index contributed by atoms with van der Waals surface area (Å²) >= 11 is 0. The summed E-state index contributed by atoms with van der Waals surface area (Å²) in [5.41, 5.74) is 5.11. The molecule has 5 heterocycles. The maximum Gasteiger partial charge on any atom is 0.237 e. The summed E-state index contributed by atoms with van der Waals surface area (Å²) < 4.78 is 23.4. The second-order valence-electron chi connectivity index (χ2n) is 8.34. The van der Waals surface area contributed by atoms with Crippen LogP contribution in [-0.2, 0) is 4.74 Å². The molecule has 0 saturated carbocycles. The Bertz CT molecular complexity index is 1600. The van der Waals surface area contributed by atoms with Gasteiger partial charge in [0.15, 0.2) is 5.65 Å². The summed E-state index contributed by atoms with van der Waals surface area (Å²) in [6.07, 6.45) is 10.2. The van der Waals surface area contributed by atoms with Crippen molar-refractivity contribution in [2.24, 2.45) is 0 Å². The third kappa shape index (κ3) is 3.52. The molecule has 174 valence electrons. The molecule has 1 aliphatic heterocycles. The van der Waals surface area contributed by atoms with Gasteiger partial charge >= 0.3 is 0 Å². The lowest BCUT2D eigenvalue weighted by atomic mass is 10.0. The van der Waals surface area contributed by atoms with E-state index in [4.69, 9.17) is 14.7 Å². The number of hydrogen-bond donors (Lipinski definition) is 0. The highest BCUT2D eigenvalue weighted by Crippen LogP contribution is 2.35. The third-order valence-corrected chi connectivity index (χ3v) is 6.36. The van der Waals surface area contributed by atoms with Crippen molar-refractivity contribution in [1.82, 2.24) is 34.1 Å². The first kappa shape index (κ1) is 21.3. The number of halogens is 1. The van der Waals surface area contributed by atoms with E-state index >= 15 is 0 Å². The van der Waals surface area contributed by atoms with E-state index in [9.17, 15) is 4.39 Å². The summed E-state index contributed by atoms with van der Waals surface area (Å²) in [6.45, 7) is 9.21. The van der Waals surface area contributed by atoms with Crippen LogP contribution >= 0.6 is 0 Å². The number of rotatable bonds is 5. The van der Waals surface area contributed by atoms with Crippen LogP contribution in [0.15, 0.2) is 56.1 Å². The molecule has 0 spiro atoms. The summed E-state index contributed by atoms with van der Waals surface area (Å²) in [7, 11) is 0. The minimum absolute atomic E-state index is 0.140. The van der Waals surface area contributed by atoms with Crippen LogP contribution in [0, 0.1) is 5.82 Å². The van der Waals surface area contributed by atoms with E-state index in [1.165, 1.54) is 12.1 Å². The molecule has 0 atom stereocenters. The van der Waals surface area contributed by atoms with Gasteiger partial charge < -0.3 is 9.30 Å². The van der Waals surface area contributed by atoms with Gasteiger partial charge in [-0.15, -0.1) is 0 Å². The molecule has 1 fully saturated rings. The van der Waals surface area contributed by atoms with Crippen LogP contribution < -0.4 is 0 Å². The van der Waals surface area contributed by atoms with Gasteiger partial charge in [-0.1, -0.05) is 19.2 Å². The molecule has 8 nitrogen and oxygen atoms in total. The predicted molar refractivity (Wildman–Crippen MR) is 132 cm³/mol. The fourth-order valence-electron chi connectivity index (χ4n) is 4.68. The van der Waals surface area contributed by atoms with E-state index in [1.807, 2.05) is 6.07 Å². The molecule has 9 heteroatoms. The largest absolute Gasteiger partial charge is 0.381 e. The van der Waals surface area contributed by atoms with E-state index in [0.29, 0.717) is 41.4 Å². The molecule has 0 N–H and O–H groups in total. The summed E-state index contributed by atoms with van der Waals surface area (Å²) in [6, 6.07) is 6.53. The van der Waals surface area contributed by atoms with Crippen LogP contribution in [0.3, 0.4) is 0 Å². The van der Waals surface area contributed by atoms with Crippen molar-refractivity contribution in [3.05, 3.63) is 73.2 Å². The number of imidazole rings is 2. The molecule has 4 aromatic heterocycles. The van der Waals surface area contributed by atoms with E-state index in [1.54, 1.807) is 41.5 Å². The van der Waals surface area contributed by atoms with Gasteiger partial charge in [0.1, 0.15) is 23.5 Å². The Hall–Kier alpha value is -4.24. The first-order valence-electron chi connectivity index (χ1n) is 11.4. The molecule has 1 saturated heterocycles. The summed E-state index contributed by atoms with van der Waals surface area (Å²) in [5.74, 6) is 0.818. The van der Waals surface area contributed by atoms with E-state index in [0.717, 1.165) is 35.5 Å². The van der Waals surface area contributed by atoms with E-state index in [-0.39, 0.29) is 11.9 Å². The maximum absolute atomic E-state index is 14.0.